The maximum atomic E-state index is 11.7. The second-order valence-electron chi connectivity index (χ2n) is 7.89. The maximum Gasteiger partial charge on any atom is 0.313 e. The average Bonchev–Trinajstić information content (AvgIpc) is 2.66. The molecule has 2 aliphatic heterocycles. The van der Waals surface area contributed by atoms with Gasteiger partial charge in [0.15, 0.2) is 5.75 Å². The number of nitrogens with zero attached hydrogens (tertiary/aromatic N) is 1. The fourth-order valence-electron chi connectivity index (χ4n) is 4.04. The van der Waals surface area contributed by atoms with Crippen LogP contribution >= 0.6 is 11.6 Å². The number of carbonyl (C=O) groups is 1. The van der Waals surface area contributed by atoms with Crippen molar-refractivity contribution in [1.29, 1.82) is 0 Å². The highest BCUT2D eigenvalue weighted by atomic mass is 35.5. The number of nitrogens with two attached hydrogens (primary N) is 1. The Morgan fingerprint density at radius 1 is 1.44 bits per heavy atom. The normalized spacial score (nSPS) is 22.1. The van der Waals surface area contributed by atoms with Crippen molar-refractivity contribution in [1.82, 2.24) is 4.90 Å². The number of aliphatic carboxylic acids is 1. The van der Waals surface area contributed by atoms with Gasteiger partial charge in [0.25, 0.3) is 0 Å². The molecule has 3 N–H and O–H groups in total. The van der Waals surface area contributed by atoms with Gasteiger partial charge >= 0.3 is 5.97 Å². The van der Waals surface area contributed by atoms with Crippen LogP contribution in [0.4, 0.5) is 5.69 Å². The van der Waals surface area contributed by atoms with E-state index in [9.17, 15) is 9.90 Å². The first-order valence-electron chi connectivity index (χ1n) is 9.76. The lowest BCUT2D eigenvalue weighted by atomic mass is 9.84. The fraction of sp³-hybridized carbons (Fsp3) is 0.650. The third-order valence-corrected chi connectivity index (χ3v) is 6.21. The summed E-state index contributed by atoms with van der Waals surface area (Å²) in [6, 6.07) is 1.81. The zero-order chi connectivity index (χ0) is 19.6. The van der Waals surface area contributed by atoms with Crippen molar-refractivity contribution < 1.29 is 19.7 Å². The van der Waals surface area contributed by atoms with Gasteiger partial charge in [-0.2, -0.15) is 4.89 Å². The van der Waals surface area contributed by atoms with Gasteiger partial charge in [-0.3, -0.25) is 4.79 Å². The smallest absolute Gasteiger partial charge is 0.313 e. The number of likely N-dealkylation sites (tertiary alicyclic amines) is 1. The van der Waals surface area contributed by atoms with Gasteiger partial charge in [-0.05, 0) is 55.8 Å². The molecule has 0 radical (unpaired) electrons. The number of piperidine rings is 1. The van der Waals surface area contributed by atoms with E-state index in [4.69, 9.17) is 27.1 Å². The summed E-state index contributed by atoms with van der Waals surface area (Å²) in [5, 5.41) is 9.98. The van der Waals surface area contributed by atoms with Crippen LogP contribution in [-0.2, 0) is 16.1 Å². The van der Waals surface area contributed by atoms with Crippen LogP contribution in [0.3, 0.4) is 0 Å². The first-order chi connectivity index (χ1) is 12.9. The molecule has 0 spiro atoms. The van der Waals surface area contributed by atoms with Gasteiger partial charge in [0.05, 0.1) is 10.7 Å². The van der Waals surface area contributed by atoms with Gasteiger partial charge in [0.2, 0.25) is 0 Å². The summed E-state index contributed by atoms with van der Waals surface area (Å²) in [6.45, 7) is 7.82. The number of anilines is 1. The number of benzene rings is 1. The molecule has 1 fully saturated rings. The molecule has 6 nitrogen and oxygen atoms in total. The van der Waals surface area contributed by atoms with E-state index in [1.165, 1.54) is 6.42 Å². The standard InChI is InChI=1S/C20H29ClN2O4/c1-3-12(2)10-23-6-4-13(5-7-23)8-14-9-16(21)18(22)19-17(14)15(20(24)25)11-26-27-19/h9,12-13,15H,3-8,10-11,22H2,1-2H3,(H,24,25). The molecule has 1 aromatic carbocycles. The summed E-state index contributed by atoms with van der Waals surface area (Å²) in [7, 11) is 0. The Morgan fingerprint density at radius 2 is 2.15 bits per heavy atom. The Morgan fingerprint density at radius 3 is 2.78 bits per heavy atom. The number of halogens is 1. The molecule has 0 aliphatic carbocycles. The molecule has 0 amide bonds. The monoisotopic (exact) mass is 396 g/mol. The minimum absolute atomic E-state index is 0.0241. The van der Waals surface area contributed by atoms with Gasteiger partial charge in [-0.25, -0.2) is 0 Å². The van der Waals surface area contributed by atoms with Crippen LogP contribution in [-0.4, -0.2) is 42.2 Å². The first-order valence-corrected chi connectivity index (χ1v) is 10.1. The van der Waals surface area contributed by atoms with Crippen molar-refractivity contribution in [2.75, 3.05) is 32.0 Å². The molecular weight excluding hydrogens is 368 g/mol. The highest BCUT2D eigenvalue weighted by molar-refractivity contribution is 6.33. The summed E-state index contributed by atoms with van der Waals surface area (Å²) in [4.78, 5) is 24.5. The number of nitrogen functional groups attached to an aromatic ring is 1. The van der Waals surface area contributed by atoms with Gasteiger partial charge < -0.3 is 20.6 Å². The SMILES string of the molecule is CCC(C)CN1CCC(Cc2cc(Cl)c(N)c3c2C(C(=O)O)COO3)CC1. The number of hydrogen-bond acceptors (Lipinski definition) is 5. The van der Waals surface area contributed by atoms with E-state index >= 15 is 0 Å². The Bertz CT molecular complexity index is 689. The van der Waals surface area contributed by atoms with Gasteiger partial charge in [-0.1, -0.05) is 31.9 Å². The molecule has 2 aliphatic rings. The molecule has 27 heavy (non-hydrogen) atoms. The van der Waals surface area contributed by atoms with Crippen molar-refractivity contribution in [3.8, 4) is 5.75 Å². The molecule has 0 aromatic heterocycles. The Kier molecular flexibility index (Phi) is 6.50. The van der Waals surface area contributed by atoms with Crippen molar-refractivity contribution in [3.63, 3.8) is 0 Å². The lowest BCUT2D eigenvalue weighted by Gasteiger charge is -2.34. The number of fused-ring (bicyclic) bond motifs is 1. The van der Waals surface area contributed by atoms with Crippen LogP contribution in [0.5, 0.6) is 5.75 Å². The van der Waals surface area contributed by atoms with E-state index in [0.29, 0.717) is 16.5 Å². The van der Waals surface area contributed by atoms with Gasteiger partial charge in [0, 0.05) is 12.1 Å². The predicted octanol–water partition coefficient (Wildman–Crippen LogP) is 3.72. The zero-order valence-corrected chi connectivity index (χ0v) is 16.8. The van der Waals surface area contributed by atoms with Crippen LogP contribution in [0, 0.1) is 11.8 Å². The van der Waals surface area contributed by atoms with Crippen LogP contribution in [0.15, 0.2) is 6.07 Å². The molecule has 3 rings (SSSR count). The third kappa shape index (κ3) is 4.50. The van der Waals surface area contributed by atoms with E-state index in [0.717, 1.165) is 50.4 Å². The number of carboxylic acids is 1. The topological polar surface area (TPSA) is 85.0 Å². The molecule has 2 heterocycles. The lowest BCUT2D eigenvalue weighted by Crippen LogP contribution is -2.37. The largest absolute Gasteiger partial charge is 0.481 e. The second kappa shape index (κ2) is 8.67. The van der Waals surface area contributed by atoms with Crippen molar-refractivity contribution >= 4 is 23.3 Å². The molecular formula is C20H29ClN2O4. The van der Waals surface area contributed by atoms with Crippen molar-refractivity contribution in [2.24, 2.45) is 11.8 Å². The summed E-state index contributed by atoms with van der Waals surface area (Å²) in [5.41, 5.74) is 7.79. The van der Waals surface area contributed by atoms with E-state index < -0.39 is 11.9 Å². The summed E-state index contributed by atoms with van der Waals surface area (Å²) < 4.78 is 0. The molecule has 2 atom stereocenters. The quantitative estimate of drug-likeness (QED) is 0.563. The summed E-state index contributed by atoms with van der Waals surface area (Å²) in [6.07, 6.45) is 4.19. The summed E-state index contributed by atoms with van der Waals surface area (Å²) in [5.74, 6) is -0.234. The number of hydrogen-bond donors (Lipinski definition) is 2. The molecule has 0 saturated carbocycles. The highest BCUT2D eigenvalue weighted by Gasteiger charge is 2.35. The molecule has 1 aromatic rings. The maximum absolute atomic E-state index is 11.7. The molecule has 2 unspecified atom stereocenters. The molecule has 150 valence electrons. The minimum atomic E-state index is -0.939. The van der Waals surface area contributed by atoms with Crippen LogP contribution in [0.2, 0.25) is 5.02 Å². The average molecular weight is 397 g/mol. The molecule has 1 saturated heterocycles. The minimum Gasteiger partial charge on any atom is -0.481 e. The van der Waals surface area contributed by atoms with Gasteiger partial charge in [0.1, 0.15) is 12.5 Å². The lowest BCUT2D eigenvalue weighted by molar-refractivity contribution is -0.222. The predicted molar refractivity (Wildman–Crippen MR) is 105 cm³/mol. The highest BCUT2D eigenvalue weighted by Crippen LogP contribution is 2.44. The Balaban J connectivity index is 1.76. The summed E-state index contributed by atoms with van der Waals surface area (Å²) >= 11 is 6.28. The van der Waals surface area contributed by atoms with Crippen molar-refractivity contribution in [3.05, 3.63) is 22.2 Å². The van der Waals surface area contributed by atoms with E-state index in [2.05, 4.69) is 18.7 Å². The number of carboxylic acid groups (broad SMARTS) is 1. The fourth-order valence-corrected chi connectivity index (χ4v) is 4.26. The zero-order valence-electron chi connectivity index (χ0n) is 16.0. The van der Waals surface area contributed by atoms with Gasteiger partial charge in [-0.15, -0.1) is 0 Å². The molecule has 7 heteroatoms. The van der Waals surface area contributed by atoms with E-state index in [1.807, 2.05) is 6.07 Å². The second-order valence-corrected chi connectivity index (χ2v) is 8.30. The first kappa shape index (κ1) is 20.2. The number of rotatable bonds is 6. The molecule has 0 bridgehead atoms. The van der Waals surface area contributed by atoms with Crippen LogP contribution < -0.4 is 10.6 Å². The Hall–Kier alpha value is -1.50. The third-order valence-electron chi connectivity index (χ3n) is 5.90. The van der Waals surface area contributed by atoms with Crippen LogP contribution in [0.1, 0.15) is 50.2 Å². The van der Waals surface area contributed by atoms with Crippen molar-refractivity contribution in [2.45, 2.75) is 45.4 Å². The van der Waals surface area contributed by atoms with Crippen LogP contribution in [0.25, 0.3) is 0 Å². The Labute approximate surface area is 165 Å². The van der Waals surface area contributed by atoms with E-state index in [1.54, 1.807) is 0 Å². The van der Waals surface area contributed by atoms with E-state index in [-0.39, 0.29) is 18.0 Å².